The third-order valence-corrected chi connectivity index (χ3v) is 3.04. The number of rotatable bonds is 5. The predicted octanol–water partition coefficient (Wildman–Crippen LogP) is 3.02. The maximum absolute atomic E-state index is 11.4. The number of carbonyl (C=O) groups excluding carboxylic acids is 1. The van der Waals surface area contributed by atoms with Crippen molar-refractivity contribution in [2.45, 2.75) is 19.4 Å². The zero-order valence-electron chi connectivity index (χ0n) is 11.2. The molecule has 0 spiro atoms. The van der Waals surface area contributed by atoms with Gasteiger partial charge in [-0.25, -0.2) is 0 Å². The van der Waals surface area contributed by atoms with E-state index in [1.165, 1.54) is 0 Å². The smallest absolute Gasteiger partial charge is 0.252 e. The predicted molar refractivity (Wildman–Crippen MR) is 76.7 cm³/mol. The van der Waals surface area contributed by atoms with Gasteiger partial charge in [-0.05, 0) is 24.6 Å². The lowest BCUT2D eigenvalue weighted by Crippen LogP contribution is -2.12. The second-order valence-corrected chi connectivity index (χ2v) is 4.42. The quantitative estimate of drug-likeness (QED) is 0.878. The van der Waals surface area contributed by atoms with Crippen molar-refractivity contribution in [1.29, 1.82) is 0 Å². The summed E-state index contributed by atoms with van der Waals surface area (Å²) in [6, 6.07) is 14.0. The monoisotopic (exact) mass is 271 g/mol. The summed E-state index contributed by atoms with van der Waals surface area (Å²) in [4.78, 5) is 11.4. The minimum Gasteiger partial charge on any atom is -0.456 e. The molecule has 0 heterocycles. The highest BCUT2D eigenvalue weighted by Gasteiger charge is 2.14. The Hall–Kier alpha value is -2.33. The van der Waals surface area contributed by atoms with Crippen molar-refractivity contribution in [3.8, 4) is 11.5 Å². The summed E-state index contributed by atoms with van der Waals surface area (Å²) in [5.41, 5.74) is 6.33. The number of para-hydroxylation sites is 2. The van der Waals surface area contributed by atoms with Gasteiger partial charge in [0, 0.05) is 5.56 Å². The number of hydrogen-bond donors (Lipinski definition) is 2. The van der Waals surface area contributed by atoms with Crippen LogP contribution in [0.3, 0.4) is 0 Å². The van der Waals surface area contributed by atoms with Crippen molar-refractivity contribution in [3.63, 3.8) is 0 Å². The first kappa shape index (κ1) is 14.1. The van der Waals surface area contributed by atoms with E-state index < -0.39 is 12.0 Å². The summed E-state index contributed by atoms with van der Waals surface area (Å²) in [5, 5.41) is 9.99. The summed E-state index contributed by atoms with van der Waals surface area (Å²) < 4.78 is 5.76. The van der Waals surface area contributed by atoms with Crippen molar-refractivity contribution >= 4 is 5.91 Å². The topological polar surface area (TPSA) is 72.6 Å². The highest BCUT2D eigenvalue weighted by molar-refractivity contribution is 5.95. The van der Waals surface area contributed by atoms with Crippen LogP contribution in [0.2, 0.25) is 0 Å². The van der Waals surface area contributed by atoms with Gasteiger partial charge in [-0.1, -0.05) is 37.3 Å². The molecule has 1 atom stereocenters. The van der Waals surface area contributed by atoms with Crippen LogP contribution in [0.1, 0.15) is 35.4 Å². The van der Waals surface area contributed by atoms with Crippen molar-refractivity contribution in [2.24, 2.45) is 5.73 Å². The fourth-order valence-corrected chi connectivity index (χ4v) is 1.95. The number of amides is 1. The summed E-state index contributed by atoms with van der Waals surface area (Å²) >= 11 is 0. The zero-order valence-corrected chi connectivity index (χ0v) is 11.2. The molecule has 0 aliphatic heterocycles. The third-order valence-electron chi connectivity index (χ3n) is 3.04. The van der Waals surface area contributed by atoms with Crippen LogP contribution in [-0.2, 0) is 0 Å². The molecule has 4 heteroatoms. The van der Waals surface area contributed by atoms with Crippen LogP contribution in [-0.4, -0.2) is 11.0 Å². The average molecular weight is 271 g/mol. The minimum absolute atomic E-state index is 0.313. The maximum atomic E-state index is 11.4. The van der Waals surface area contributed by atoms with Crippen molar-refractivity contribution < 1.29 is 14.6 Å². The number of hydrogen-bond acceptors (Lipinski definition) is 3. The SMILES string of the molecule is CC[C@@H](O)c1ccccc1Oc1ccccc1C(N)=O. The molecule has 0 fully saturated rings. The first-order chi connectivity index (χ1) is 9.63. The number of nitrogens with two attached hydrogens (primary N) is 1. The molecule has 0 unspecified atom stereocenters. The van der Waals surface area contributed by atoms with Crippen LogP contribution in [0, 0.1) is 0 Å². The molecule has 0 bridgehead atoms. The number of aliphatic hydroxyl groups excluding tert-OH is 1. The molecule has 0 saturated carbocycles. The van der Waals surface area contributed by atoms with E-state index in [9.17, 15) is 9.90 Å². The Morgan fingerprint density at radius 1 is 1.15 bits per heavy atom. The standard InChI is InChI=1S/C16H17NO3/c1-2-13(18)11-7-3-5-9-14(11)20-15-10-6-4-8-12(15)16(17)19/h3-10,13,18H,2H2,1H3,(H2,17,19)/t13-/m1/s1. The van der Waals surface area contributed by atoms with E-state index in [1.54, 1.807) is 36.4 Å². The largest absolute Gasteiger partial charge is 0.456 e. The first-order valence-electron chi connectivity index (χ1n) is 6.47. The van der Waals surface area contributed by atoms with E-state index in [1.807, 2.05) is 19.1 Å². The lowest BCUT2D eigenvalue weighted by atomic mass is 10.1. The Balaban J connectivity index is 2.38. The second-order valence-electron chi connectivity index (χ2n) is 4.42. The van der Waals surface area contributed by atoms with Gasteiger partial charge in [-0.2, -0.15) is 0 Å². The summed E-state index contributed by atoms with van der Waals surface area (Å²) in [6.07, 6.45) is -0.0235. The molecule has 104 valence electrons. The van der Waals surface area contributed by atoms with Crippen LogP contribution in [0.25, 0.3) is 0 Å². The van der Waals surface area contributed by atoms with E-state index in [2.05, 4.69) is 0 Å². The van der Waals surface area contributed by atoms with Crippen LogP contribution in [0.5, 0.6) is 11.5 Å². The fourth-order valence-electron chi connectivity index (χ4n) is 1.95. The van der Waals surface area contributed by atoms with Gasteiger partial charge < -0.3 is 15.6 Å². The normalized spacial score (nSPS) is 11.9. The molecule has 2 aromatic carbocycles. The number of benzene rings is 2. The highest BCUT2D eigenvalue weighted by Crippen LogP contribution is 2.32. The number of ether oxygens (including phenoxy) is 1. The van der Waals surface area contributed by atoms with E-state index >= 15 is 0 Å². The van der Waals surface area contributed by atoms with E-state index in [4.69, 9.17) is 10.5 Å². The Morgan fingerprint density at radius 3 is 2.40 bits per heavy atom. The Kier molecular flexibility index (Phi) is 4.38. The number of primary amides is 1. The van der Waals surface area contributed by atoms with Gasteiger partial charge in [-0.3, -0.25) is 4.79 Å². The van der Waals surface area contributed by atoms with Gasteiger partial charge >= 0.3 is 0 Å². The van der Waals surface area contributed by atoms with Gasteiger partial charge in [0.2, 0.25) is 0 Å². The van der Waals surface area contributed by atoms with Crippen LogP contribution >= 0.6 is 0 Å². The Labute approximate surface area is 117 Å². The number of aliphatic hydroxyl groups is 1. The van der Waals surface area contributed by atoms with Gasteiger partial charge in [-0.15, -0.1) is 0 Å². The van der Waals surface area contributed by atoms with Crippen LogP contribution in [0.15, 0.2) is 48.5 Å². The molecule has 0 saturated heterocycles. The molecular weight excluding hydrogens is 254 g/mol. The molecule has 2 rings (SSSR count). The highest BCUT2D eigenvalue weighted by atomic mass is 16.5. The summed E-state index contributed by atoms with van der Waals surface area (Å²) in [5.74, 6) is 0.362. The average Bonchev–Trinajstić information content (AvgIpc) is 2.47. The van der Waals surface area contributed by atoms with E-state index in [0.29, 0.717) is 29.0 Å². The molecule has 0 aromatic heterocycles. The third kappa shape index (κ3) is 2.97. The first-order valence-corrected chi connectivity index (χ1v) is 6.47. The fraction of sp³-hybridized carbons (Fsp3) is 0.188. The van der Waals surface area contributed by atoms with Gasteiger partial charge in [0.25, 0.3) is 5.91 Å². The van der Waals surface area contributed by atoms with Gasteiger partial charge in [0.05, 0.1) is 11.7 Å². The molecular formula is C16H17NO3. The molecule has 3 N–H and O–H groups in total. The maximum Gasteiger partial charge on any atom is 0.252 e. The molecule has 20 heavy (non-hydrogen) atoms. The van der Waals surface area contributed by atoms with Crippen molar-refractivity contribution in [1.82, 2.24) is 0 Å². The van der Waals surface area contributed by atoms with E-state index in [-0.39, 0.29) is 0 Å². The molecule has 4 nitrogen and oxygen atoms in total. The summed E-state index contributed by atoms with van der Waals surface area (Å²) in [7, 11) is 0. The Morgan fingerprint density at radius 2 is 1.75 bits per heavy atom. The van der Waals surface area contributed by atoms with Crippen LogP contribution in [0.4, 0.5) is 0 Å². The molecule has 0 aliphatic rings. The zero-order chi connectivity index (χ0) is 14.5. The second kappa shape index (κ2) is 6.21. The van der Waals surface area contributed by atoms with Gasteiger partial charge in [0.1, 0.15) is 11.5 Å². The Bertz CT molecular complexity index is 610. The van der Waals surface area contributed by atoms with Crippen molar-refractivity contribution in [3.05, 3.63) is 59.7 Å². The van der Waals surface area contributed by atoms with Gasteiger partial charge in [0.15, 0.2) is 0 Å². The van der Waals surface area contributed by atoms with Crippen LogP contribution < -0.4 is 10.5 Å². The lowest BCUT2D eigenvalue weighted by Gasteiger charge is -2.15. The molecule has 2 aromatic rings. The lowest BCUT2D eigenvalue weighted by molar-refractivity contribution is 0.0998. The molecule has 0 radical (unpaired) electrons. The minimum atomic E-state index is -0.605. The number of carbonyl (C=O) groups is 1. The van der Waals surface area contributed by atoms with Crippen molar-refractivity contribution in [2.75, 3.05) is 0 Å². The summed E-state index contributed by atoms with van der Waals surface area (Å²) in [6.45, 7) is 1.89. The molecule has 1 amide bonds. The molecule has 0 aliphatic carbocycles. The van der Waals surface area contributed by atoms with E-state index in [0.717, 1.165) is 0 Å².